The van der Waals surface area contributed by atoms with Crippen LogP contribution in [0, 0.1) is 0 Å². The van der Waals surface area contributed by atoms with Gasteiger partial charge >= 0.3 is 0 Å². The summed E-state index contributed by atoms with van der Waals surface area (Å²) in [6.07, 6.45) is 10.4. The van der Waals surface area contributed by atoms with Crippen molar-refractivity contribution in [3.8, 4) is 0 Å². The normalized spacial score (nSPS) is 23.1. The largest absolute Gasteiger partial charge is 0.339 e. The molecule has 0 saturated carbocycles. The standard InChI is InChI=1S/C12H19NO/c14-12(11-7-3-1-4-8-11)13-9-5-2-6-10-13/h7H,1-6,8-10H2. The van der Waals surface area contributed by atoms with Crippen LogP contribution in [0.25, 0.3) is 0 Å². The van der Waals surface area contributed by atoms with Gasteiger partial charge in [0.15, 0.2) is 0 Å². The van der Waals surface area contributed by atoms with Gasteiger partial charge in [-0.2, -0.15) is 0 Å². The van der Waals surface area contributed by atoms with Crippen LogP contribution < -0.4 is 0 Å². The molecule has 1 fully saturated rings. The number of piperidine rings is 1. The third-order valence-electron chi connectivity index (χ3n) is 3.21. The molecule has 0 unspecified atom stereocenters. The van der Waals surface area contributed by atoms with Crippen molar-refractivity contribution >= 4 is 5.91 Å². The Morgan fingerprint density at radius 2 is 1.86 bits per heavy atom. The molecule has 0 aromatic rings. The quantitative estimate of drug-likeness (QED) is 0.626. The Kier molecular flexibility index (Phi) is 3.22. The van der Waals surface area contributed by atoms with Gasteiger partial charge in [-0.25, -0.2) is 0 Å². The average molecular weight is 193 g/mol. The van der Waals surface area contributed by atoms with E-state index in [4.69, 9.17) is 0 Å². The van der Waals surface area contributed by atoms with Crippen LogP contribution in [-0.4, -0.2) is 23.9 Å². The van der Waals surface area contributed by atoms with Crippen molar-refractivity contribution in [2.75, 3.05) is 13.1 Å². The first-order chi connectivity index (χ1) is 6.88. The molecule has 1 aliphatic heterocycles. The van der Waals surface area contributed by atoms with Gasteiger partial charge in [0.25, 0.3) is 0 Å². The Balaban J connectivity index is 1.95. The monoisotopic (exact) mass is 193 g/mol. The fourth-order valence-electron chi connectivity index (χ4n) is 2.33. The minimum Gasteiger partial charge on any atom is -0.339 e. The topological polar surface area (TPSA) is 20.3 Å². The second-order valence-corrected chi connectivity index (χ2v) is 4.33. The zero-order valence-corrected chi connectivity index (χ0v) is 8.80. The Bertz CT molecular complexity index is 239. The molecule has 1 aliphatic carbocycles. The van der Waals surface area contributed by atoms with Crippen molar-refractivity contribution in [3.63, 3.8) is 0 Å². The second kappa shape index (κ2) is 4.63. The van der Waals surface area contributed by atoms with Crippen molar-refractivity contribution in [1.82, 2.24) is 4.90 Å². The number of likely N-dealkylation sites (tertiary alicyclic amines) is 1. The summed E-state index contributed by atoms with van der Waals surface area (Å²) in [4.78, 5) is 14.1. The highest BCUT2D eigenvalue weighted by Gasteiger charge is 2.20. The molecule has 0 atom stereocenters. The summed E-state index contributed by atoms with van der Waals surface area (Å²) in [6.45, 7) is 1.96. The highest BCUT2D eigenvalue weighted by molar-refractivity contribution is 5.93. The van der Waals surface area contributed by atoms with Gasteiger partial charge < -0.3 is 4.90 Å². The number of allylic oxidation sites excluding steroid dienone is 1. The molecule has 2 heteroatoms. The van der Waals surface area contributed by atoms with E-state index in [-0.39, 0.29) is 0 Å². The van der Waals surface area contributed by atoms with Gasteiger partial charge in [0.2, 0.25) is 5.91 Å². The Morgan fingerprint density at radius 1 is 1.07 bits per heavy atom. The number of rotatable bonds is 1. The molecule has 2 nitrogen and oxygen atoms in total. The Labute approximate surface area is 86.0 Å². The van der Waals surface area contributed by atoms with Gasteiger partial charge in [-0.05, 0) is 44.9 Å². The van der Waals surface area contributed by atoms with E-state index in [2.05, 4.69) is 6.08 Å². The summed E-state index contributed by atoms with van der Waals surface area (Å²) < 4.78 is 0. The molecule has 0 N–H and O–H groups in total. The summed E-state index contributed by atoms with van der Waals surface area (Å²) in [5, 5.41) is 0. The molecular weight excluding hydrogens is 174 g/mol. The third kappa shape index (κ3) is 2.17. The summed E-state index contributed by atoms with van der Waals surface area (Å²) >= 11 is 0. The first kappa shape index (κ1) is 9.75. The summed E-state index contributed by atoms with van der Waals surface area (Å²) in [7, 11) is 0. The average Bonchev–Trinajstić information content (AvgIpc) is 2.30. The molecule has 0 aromatic carbocycles. The van der Waals surface area contributed by atoms with E-state index < -0.39 is 0 Å². The van der Waals surface area contributed by atoms with Crippen molar-refractivity contribution in [3.05, 3.63) is 11.6 Å². The van der Waals surface area contributed by atoms with Gasteiger partial charge in [-0.1, -0.05) is 6.08 Å². The molecule has 78 valence electrons. The number of carbonyl (C=O) groups excluding carboxylic acids is 1. The van der Waals surface area contributed by atoms with E-state index in [0.717, 1.165) is 31.5 Å². The fraction of sp³-hybridized carbons (Fsp3) is 0.750. The first-order valence-corrected chi connectivity index (χ1v) is 5.86. The molecule has 0 radical (unpaired) electrons. The van der Waals surface area contributed by atoms with Crippen molar-refractivity contribution < 1.29 is 4.79 Å². The van der Waals surface area contributed by atoms with Crippen LogP contribution in [0.3, 0.4) is 0 Å². The van der Waals surface area contributed by atoms with E-state index >= 15 is 0 Å². The summed E-state index contributed by atoms with van der Waals surface area (Å²) in [5.74, 6) is 0.324. The van der Waals surface area contributed by atoms with Crippen LogP contribution in [0.2, 0.25) is 0 Å². The predicted octanol–water partition coefficient (Wildman–Crippen LogP) is 2.50. The molecule has 0 spiro atoms. The molecule has 1 saturated heterocycles. The molecule has 0 aromatic heterocycles. The molecule has 0 bridgehead atoms. The minimum absolute atomic E-state index is 0.324. The van der Waals surface area contributed by atoms with Crippen molar-refractivity contribution in [2.45, 2.75) is 44.9 Å². The number of hydrogen-bond acceptors (Lipinski definition) is 1. The minimum atomic E-state index is 0.324. The van der Waals surface area contributed by atoms with Gasteiger partial charge in [0, 0.05) is 18.7 Å². The van der Waals surface area contributed by atoms with Crippen LogP contribution in [0.1, 0.15) is 44.9 Å². The maximum Gasteiger partial charge on any atom is 0.249 e. The van der Waals surface area contributed by atoms with Crippen molar-refractivity contribution in [2.24, 2.45) is 0 Å². The zero-order chi connectivity index (χ0) is 9.80. The van der Waals surface area contributed by atoms with E-state index in [1.54, 1.807) is 0 Å². The third-order valence-corrected chi connectivity index (χ3v) is 3.21. The van der Waals surface area contributed by atoms with Crippen LogP contribution >= 0.6 is 0 Å². The molecule has 14 heavy (non-hydrogen) atoms. The molecule has 2 rings (SSSR count). The van der Waals surface area contributed by atoms with Crippen LogP contribution in [0.4, 0.5) is 0 Å². The molecule has 1 heterocycles. The lowest BCUT2D eigenvalue weighted by molar-refractivity contribution is -0.128. The SMILES string of the molecule is O=C(C1=CCCCC1)N1CCCCC1. The smallest absolute Gasteiger partial charge is 0.249 e. The summed E-state index contributed by atoms with van der Waals surface area (Å²) in [6, 6.07) is 0. The van der Waals surface area contributed by atoms with Gasteiger partial charge in [-0.3, -0.25) is 4.79 Å². The number of carbonyl (C=O) groups is 1. The van der Waals surface area contributed by atoms with E-state index in [1.165, 1.54) is 32.1 Å². The molecule has 1 amide bonds. The van der Waals surface area contributed by atoms with E-state index in [9.17, 15) is 4.79 Å². The number of amides is 1. The maximum atomic E-state index is 12.0. The highest BCUT2D eigenvalue weighted by atomic mass is 16.2. The van der Waals surface area contributed by atoms with Crippen LogP contribution in [-0.2, 0) is 4.79 Å². The lowest BCUT2D eigenvalue weighted by Crippen LogP contribution is -2.36. The van der Waals surface area contributed by atoms with E-state index in [0.29, 0.717) is 5.91 Å². The number of hydrogen-bond donors (Lipinski definition) is 0. The van der Waals surface area contributed by atoms with Crippen molar-refractivity contribution in [1.29, 1.82) is 0 Å². The first-order valence-electron chi connectivity index (χ1n) is 5.86. The summed E-state index contributed by atoms with van der Waals surface area (Å²) in [5.41, 5.74) is 1.08. The maximum absolute atomic E-state index is 12.0. The predicted molar refractivity (Wildman–Crippen MR) is 57.0 cm³/mol. The van der Waals surface area contributed by atoms with Crippen LogP contribution in [0.15, 0.2) is 11.6 Å². The van der Waals surface area contributed by atoms with E-state index in [1.807, 2.05) is 4.90 Å². The van der Waals surface area contributed by atoms with Gasteiger partial charge in [0.1, 0.15) is 0 Å². The zero-order valence-electron chi connectivity index (χ0n) is 8.80. The van der Waals surface area contributed by atoms with Crippen LogP contribution in [0.5, 0.6) is 0 Å². The Morgan fingerprint density at radius 3 is 2.50 bits per heavy atom. The second-order valence-electron chi connectivity index (χ2n) is 4.33. The Hall–Kier alpha value is -0.790. The highest BCUT2D eigenvalue weighted by Crippen LogP contribution is 2.21. The molecule has 2 aliphatic rings. The number of nitrogens with zero attached hydrogens (tertiary/aromatic N) is 1. The fourth-order valence-corrected chi connectivity index (χ4v) is 2.33. The lowest BCUT2D eigenvalue weighted by Gasteiger charge is -2.28. The van der Waals surface area contributed by atoms with Gasteiger partial charge in [-0.15, -0.1) is 0 Å². The van der Waals surface area contributed by atoms with Gasteiger partial charge in [0.05, 0.1) is 0 Å². The lowest BCUT2D eigenvalue weighted by atomic mass is 9.98. The molecular formula is C12H19NO.